The zero-order valence-electron chi connectivity index (χ0n) is 52.6. The second kappa shape index (κ2) is 41.1. The maximum Gasteiger partial charge on any atom is 0.338 e. The molecule has 10 rings (SSSR count). The van der Waals surface area contributed by atoms with Crippen molar-refractivity contribution in [3.05, 3.63) is 259 Å². The average molecular weight is 1540 g/mol. The van der Waals surface area contributed by atoms with Crippen LogP contribution >= 0.6 is 63.5 Å². The highest BCUT2D eigenvalue weighted by Crippen LogP contribution is 2.31. The molecule has 524 valence electrons. The van der Waals surface area contributed by atoms with Gasteiger partial charge in [-0.3, -0.25) is 27.1 Å². The van der Waals surface area contributed by atoms with Gasteiger partial charge in [-0.2, -0.15) is 12.6 Å². The number of carboxylic acid groups (broad SMARTS) is 1. The van der Waals surface area contributed by atoms with Gasteiger partial charge in [0.2, 0.25) is 10.0 Å². The number of benzene rings is 7. The van der Waals surface area contributed by atoms with E-state index in [1.165, 1.54) is 122 Å². The van der Waals surface area contributed by atoms with Crippen LogP contribution in [0, 0.1) is 29.1 Å². The number of nitrogens with one attached hydrogen (secondary N) is 2. The molecule has 0 saturated heterocycles. The largest absolute Gasteiger partial charge is 0.497 e. The number of pyridine rings is 1. The van der Waals surface area contributed by atoms with Crippen LogP contribution in [0.1, 0.15) is 31.8 Å². The van der Waals surface area contributed by atoms with E-state index in [1.54, 1.807) is 66.2 Å². The Morgan fingerprint density at radius 1 is 0.643 bits per heavy atom. The number of carboxylic acids is 1. The van der Waals surface area contributed by atoms with Gasteiger partial charge in [-0.25, -0.2) is 58.3 Å². The lowest BCUT2D eigenvalue weighted by molar-refractivity contribution is 0.0691. The van der Waals surface area contributed by atoms with Gasteiger partial charge < -0.3 is 38.5 Å². The van der Waals surface area contributed by atoms with E-state index in [9.17, 15) is 53.2 Å². The maximum atomic E-state index is 14.4. The minimum Gasteiger partial charge on any atom is -0.497 e. The minimum absolute atomic E-state index is 0. The molecule has 3 heterocycles. The Balaban J connectivity index is 0.000000318. The number of ketones is 1. The van der Waals surface area contributed by atoms with Crippen molar-refractivity contribution in [2.45, 2.75) is 26.2 Å². The van der Waals surface area contributed by atoms with Crippen LogP contribution in [0.5, 0.6) is 17.2 Å². The SMILES string of the molecule is COc1ccc(Br)c(F)c1.COc1ccc(S(=O)(=O)NN)c(F)c1.COc1ccc(SCc2ccccc2)c(F)c1.Cn1cnc(-c2cc(Cl)c(F)c(C(=O)CNS(=O)(=O)c3ccn(C)c(=O)c3)c2)c1.Cn1cnc(-c2cc(Cl)c(F)c(C(=O)O)c2)c1.NN.O.SCc1ccccc1. The van der Waals surface area contributed by atoms with Crippen LogP contribution in [0.25, 0.3) is 22.5 Å². The summed E-state index contributed by atoms with van der Waals surface area (Å²) in [6.45, 7) is -0.712. The van der Waals surface area contributed by atoms with Crippen LogP contribution in [-0.4, -0.2) is 90.7 Å². The van der Waals surface area contributed by atoms with Crippen LogP contribution in [0.2, 0.25) is 10.0 Å². The highest BCUT2D eigenvalue weighted by molar-refractivity contribution is 9.10. The van der Waals surface area contributed by atoms with Gasteiger partial charge in [0.15, 0.2) is 17.4 Å². The zero-order valence-corrected chi connectivity index (χ0v) is 59.1. The topological polar surface area (TPSA) is 342 Å². The predicted octanol–water partition coefficient (Wildman–Crippen LogP) is 11.1. The smallest absolute Gasteiger partial charge is 0.338 e. The molecule has 11 N–H and O–H groups in total. The number of methoxy groups -OCH3 is 3. The molecule has 0 radical (unpaired) electrons. The summed E-state index contributed by atoms with van der Waals surface area (Å²) in [7, 11) is 1.29. The fraction of sp³-hybridized carbons (Fsp3) is 0.141. The minimum atomic E-state index is -4.14. The second-order valence-electron chi connectivity index (χ2n) is 19.3. The maximum absolute atomic E-state index is 14.4. The van der Waals surface area contributed by atoms with E-state index in [0.717, 1.165) is 29.7 Å². The number of nitrogens with two attached hydrogens (primary N) is 3. The van der Waals surface area contributed by atoms with E-state index < -0.39 is 71.8 Å². The van der Waals surface area contributed by atoms with E-state index in [1.807, 2.05) is 48.5 Å². The molecule has 0 aliphatic carbocycles. The standard InChI is InChI=1S/C18H16ClFN4O4S.C14H13FOS.C11H8ClFN2O2.C7H6BrFO.C7H9FN2O3S.C7H8S.H4N2.H2O/c1-23-9-15(21-10-23)11-5-13(18(20)14(19)6-11)16(25)8-22-29(27,28)12-3-4-24(2)17(26)7-12;1-16-12-7-8-14(13(15)9-12)17-10-11-5-3-2-4-6-11;1-15-4-9(14-5-15)6-2-7(11(16)17)10(13)8(12)3-6;1-10-5-2-3-6(8)7(9)4-5;1-13-5-2-3-7(6(8)4-5)14(11,12)10-9;8-6-7-4-2-1-3-5-7;1-2;/h3-7,9-10,22H,8H2,1-2H3;2-9H,10H2,1H3;2-5H,1H3,(H,16,17);2-4H,1H3;2-4,10H,9H2,1H3;1-5,8H,6H2;1-2H2;1H2. The lowest BCUT2D eigenvalue weighted by Crippen LogP contribution is -2.31. The summed E-state index contributed by atoms with van der Waals surface area (Å²) in [5.74, 6) is 10.1. The number of sulfonamides is 2. The summed E-state index contributed by atoms with van der Waals surface area (Å²) in [6.07, 6.45) is 7.74. The van der Waals surface area contributed by atoms with Gasteiger partial charge >= 0.3 is 5.97 Å². The molecule has 7 aromatic carbocycles. The molecule has 10 aromatic rings. The molecule has 0 aliphatic rings. The predicted molar refractivity (Wildman–Crippen MR) is 374 cm³/mol. The fourth-order valence-electron chi connectivity index (χ4n) is 7.53. The quantitative estimate of drug-likeness (QED) is 0.0111. The third-order valence-electron chi connectivity index (χ3n) is 12.5. The molecular formula is C64H66BrCl2F5N10O12S4. The third-order valence-corrected chi connectivity index (χ3v) is 17.8. The molecule has 34 heteroatoms. The first-order valence-corrected chi connectivity index (χ1v) is 33.6. The van der Waals surface area contributed by atoms with Crippen molar-refractivity contribution in [2.24, 2.45) is 38.7 Å². The number of aryl methyl sites for hydroxylation is 3. The van der Waals surface area contributed by atoms with Crippen LogP contribution in [0.15, 0.2) is 207 Å². The van der Waals surface area contributed by atoms with E-state index in [-0.39, 0.29) is 43.4 Å². The van der Waals surface area contributed by atoms with E-state index in [2.05, 4.69) is 67.1 Å². The molecule has 0 spiro atoms. The third kappa shape index (κ3) is 25.7. The number of aromatic carboxylic acids is 1. The Bertz CT molecular complexity index is 4560. The van der Waals surface area contributed by atoms with E-state index in [4.69, 9.17) is 48.4 Å². The molecule has 0 aliphatic heterocycles. The Morgan fingerprint density at radius 2 is 1.11 bits per heavy atom. The van der Waals surface area contributed by atoms with Crippen molar-refractivity contribution in [2.75, 3.05) is 27.9 Å². The molecule has 98 heavy (non-hydrogen) atoms. The van der Waals surface area contributed by atoms with Crippen molar-refractivity contribution in [1.29, 1.82) is 0 Å². The highest BCUT2D eigenvalue weighted by Gasteiger charge is 2.23. The number of imidazole rings is 2. The number of rotatable bonds is 17. The summed E-state index contributed by atoms with van der Waals surface area (Å²) < 4.78 is 136. The number of thioether (sulfide) groups is 1. The van der Waals surface area contributed by atoms with Gasteiger partial charge in [-0.05, 0) is 93.8 Å². The molecule has 0 amide bonds. The van der Waals surface area contributed by atoms with Gasteiger partial charge in [0.05, 0.1) is 82.5 Å². The molecule has 0 atom stereocenters. The fourth-order valence-corrected chi connectivity index (χ4v) is 11.0. The Hall–Kier alpha value is -8.48. The van der Waals surface area contributed by atoms with Crippen molar-refractivity contribution < 1.29 is 73.2 Å². The number of hydrazine groups is 2. The number of carbonyl (C=O) groups is 2. The first-order chi connectivity index (χ1) is 46.0. The number of thiol groups is 1. The average Bonchev–Trinajstić information content (AvgIpc) is 1.63. The van der Waals surface area contributed by atoms with Crippen molar-refractivity contribution in [3.63, 3.8) is 0 Å². The number of aromatic nitrogens is 5. The summed E-state index contributed by atoms with van der Waals surface area (Å²) in [5, 5.41) is 8.33. The number of hydrogen-bond acceptors (Lipinski definition) is 17. The molecule has 0 fully saturated rings. The monoisotopic (exact) mass is 1540 g/mol. The Morgan fingerprint density at radius 3 is 1.54 bits per heavy atom. The Kier molecular flexibility index (Phi) is 35.1. The zero-order chi connectivity index (χ0) is 72.2. The van der Waals surface area contributed by atoms with Crippen LogP contribution in [0.4, 0.5) is 22.0 Å². The van der Waals surface area contributed by atoms with Crippen molar-refractivity contribution in [1.82, 2.24) is 33.2 Å². The van der Waals surface area contributed by atoms with Gasteiger partial charge in [-0.1, -0.05) is 83.9 Å². The molecule has 0 saturated carbocycles. The summed E-state index contributed by atoms with van der Waals surface area (Å²) in [4.78, 5) is 44.5. The number of ether oxygens (including phenoxy) is 3. The number of hydrogen-bond donors (Lipinski definition) is 7. The first kappa shape index (κ1) is 83.7. The summed E-state index contributed by atoms with van der Waals surface area (Å²) >= 11 is 20.2. The van der Waals surface area contributed by atoms with E-state index in [0.29, 0.717) is 43.4 Å². The number of carbonyl (C=O) groups excluding carboxylic acids is 1. The lowest BCUT2D eigenvalue weighted by atomic mass is 10.0. The molecule has 22 nitrogen and oxygen atoms in total. The number of Topliss-reactive ketones (excluding diaryl/α,β-unsaturated/α-hetero) is 1. The van der Waals surface area contributed by atoms with Crippen LogP contribution in [0.3, 0.4) is 0 Å². The summed E-state index contributed by atoms with van der Waals surface area (Å²) in [5.41, 5.74) is 3.00. The molecule has 0 bridgehead atoms. The van der Waals surface area contributed by atoms with Crippen molar-refractivity contribution >= 4 is 95.3 Å². The van der Waals surface area contributed by atoms with Gasteiger partial charge in [0, 0.05) is 91.5 Å². The number of nitrogens with zero attached hydrogens (tertiary/aromatic N) is 5. The lowest BCUT2D eigenvalue weighted by Gasteiger charge is -2.09. The normalized spacial score (nSPS) is 10.4. The summed E-state index contributed by atoms with van der Waals surface area (Å²) in [6, 6.07) is 40.4. The highest BCUT2D eigenvalue weighted by atomic mass is 79.9. The molecule has 0 unspecified atom stereocenters. The molecule has 3 aromatic heterocycles. The van der Waals surface area contributed by atoms with Crippen LogP contribution in [-0.2, 0) is 52.7 Å². The van der Waals surface area contributed by atoms with Gasteiger partial charge in [0.1, 0.15) is 39.6 Å². The number of halogens is 8. The van der Waals surface area contributed by atoms with Crippen LogP contribution < -0.4 is 46.9 Å². The van der Waals surface area contributed by atoms with Gasteiger partial charge in [-0.15, -0.1) is 16.6 Å². The molecular weight excluding hydrogens is 1470 g/mol. The first-order valence-electron chi connectivity index (χ1n) is 27.5. The van der Waals surface area contributed by atoms with Gasteiger partial charge in [0.25, 0.3) is 15.6 Å². The van der Waals surface area contributed by atoms with Crippen molar-refractivity contribution in [3.8, 4) is 39.8 Å². The van der Waals surface area contributed by atoms with E-state index >= 15 is 0 Å². The second-order valence-corrected chi connectivity index (χ2v) is 25.7. The Labute approximate surface area is 589 Å².